The second-order valence-corrected chi connectivity index (χ2v) is 5.79. The third-order valence-corrected chi connectivity index (χ3v) is 4.52. The Bertz CT molecular complexity index is 589. The van der Waals surface area contributed by atoms with Crippen molar-refractivity contribution in [1.82, 2.24) is 4.90 Å². The maximum absolute atomic E-state index is 11.8. The van der Waals surface area contributed by atoms with E-state index in [-0.39, 0.29) is 0 Å². The molecule has 3 unspecified atom stereocenters. The monoisotopic (exact) mass is 292 g/mol. The Morgan fingerprint density at radius 2 is 2.10 bits per heavy atom. The summed E-state index contributed by atoms with van der Waals surface area (Å²) in [6, 6.07) is 9.16. The van der Waals surface area contributed by atoms with Crippen LogP contribution in [0.25, 0.3) is 0 Å². The molecule has 1 amide bonds. The van der Waals surface area contributed by atoms with Crippen molar-refractivity contribution < 1.29 is 19.8 Å². The number of fused-ring (bicyclic) bond motifs is 1. The summed E-state index contributed by atoms with van der Waals surface area (Å²) < 4.78 is 0. The average Bonchev–Trinajstić information content (AvgIpc) is 2.79. The Morgan fingerprint density at radius 1 is 1.40 bits per heavy atom. The molecule has 104 valence electrons. The second-order valence-electron chi connectivity index (χ2n) is 4.60. The first-order valence-corrected chi connectivity index (χ1v) is 6.96. The van der Waals surface area contributed by atoms with E-state index < -0.39 is 29.5 Å². The molecule has 2 heterocycles. The van der Waals surface area contributed by atoms with Gasteiger partial charge >= 0.3 is 5.97 Å². The van der Waals surface area contributed by atoms with Gasteiger partial charge in [-0.15, -0.1) is 0 Å². The number of hydrogen-bond acceptors (Lipinski definition) is 5. The number of likely N-dealkylation sites (tertiary alicyclic amines) is 1. The molecule has 1 saturated heterocycles. The van der Waals surface area contributed by atoms with Gasteiger partial charge in [-0.2, -0.15) is 0 Å². The first-order valence-electron chi connectivity index (χ1n) is 6.08. The maximum Gasteiger partial charge on any atom is 0.354 e. The lowest BCUT2D eigenvalue weighted by atomic mass is 10.1. The molecule has 0 bridgehead atoms. The molecule has 3 atom stereocenters. The average molecular weight is 292 g/mol. The van der Waals surface area contributed by atoms with E-state index in [0.29, 0.717) is 6.42 Å². The van der Waals surface area contributed by atoms with Gasteiger partial charge in [0.15, 0.2) is 6.04 Å². The third-order valence-electron chi connectivity index (χ3n) is 3.27. The molecule has 1 aromatic carbocycles. The SMILES string of the molecule is O=C(O)C(O)N1C(=O)C2N=C(Cc3ccccc3)SC21. The van der Waals surface area contributed by atoms with Gasteiger partial charge in [0.2, 0.25) is 6.23 Å². The van der Waals surface area contributed by atoms with E-state index in [1.165, 1.54) is 11.8 Å². The third kappa shape index (κ3) is 2.08. The fraction of sp³-hybridized carbons (Fsp3) is 0.308. The number of rotatable bonds is 4. The number of aliphatic carboxylic acids is 1. The molecule has 7 heteroatoms. The minimum absolute atomic E-state index is 0.396. The zero-order valence-corrected chi connectivity index (χ0v) is 11.2. The molecule has 0 saturated carbocycles. The molecule has 0 spiro atoms. The molecule has 2 aliphatic heterocycles. The van der Waals surface area contributed by atoms with Crippen LogP contribution in [0.3, 0.4) is 0 Å². The van der Waals surface area contributed by atoms with Crippen LogP contribution in [0.4, 0.5) is 0 Å². The lowest BCUT2D eigenvalue weighted by Gasteiger charge is -2.42. The second kappa shape index (κ2) is 4.92. The minimum Gasteiger partial charge on any atom is -0.478 e. The number of hydrogen-bond donors (Lipinski definition) is 2. The fourth-order valence-electron chi connectivity index (χ4n) is 2.27. The van der Waals surface area contributed by atoms with Crippen LogP contribution in [-0.4, -0.2) is 49.7 Å². The van der Waals surface area contributed by atoms with E-state index in [1.54, 1.807) is 0 Å². The van der Waals surface area contributed by atoms with Gasteiger partial charge in [-0.25, -0.2) is 4.79 Å². The van der Waals surface area contributed by atoms with Crippen LogP contribution >= 0.6 is 11.8 Å². The number of nitrogens with zero attached hydrogens (tertiary/aromatic N) is 2. The van der Waals surface area contributed by atoms with Gasteiger partial charge in [0.1, 0.15) is 5.37 Å². The van der Waals surface area contributed by atoms with E-state index >= 15 is 0 Å². The Morgan fingerprint density at radius 3 is 2.75 bits per heavy atom. The topological polar surface area (TPSA) is 90.2 Å². The quantitative estimate of drug-likeness (QED) is 0.780. The summed E-state index contributed by atoms with van der Waals surface area (Å²) >= 11 is 1.34. The van der Waals surface area contributed by atoms with E-state index in [1.807, 2.05) is 30.3 Å². The number of carbonyl (C=O) groups is 2. The standard InChI is InChI=1S/C13H12N2O4S/c16-10-9-12(15(10)11(17)13(18)19)20-8(14-9)6-7-4-2-1-3-5-7/h1-5,9,11-12,17H,6H2,(H,18,19). The number of aliphatic hydroxyl groups is 1. The molecule has 2 aliphatic rings. The predicted octanol–water partition coefficient (Wildman–Crippen LogP) is 0.314. The van der Waals surface area contributed by atoms with Gasteiger partial charge in [0.25, 0.3) is 5.91 Å². The van der Waals surface area contributed by atoms with Gasteiger partial charge < -0.3 is 10.2 Å². The van der Waals surface area contributed by atoms with Gasteiger partial charge in [-0.3, -0.25) is 14.7 Å². The van der Waals surface area contributed by atoms with E-state index in [2.05, 4.69) is 4.99 Å². The molecule has 0 radical (unpaired) electrons. The van der Waals surface area contributed by atoms with E-state index in [0.717, 1.165) is 15.5 Å². The van der Waals surface area contributed by atoms with Crippen LogP contribution < -0.4 is 0 Å². The highest BCUT2D eigenvalue weighted by atomic mass is 32.2. The number of amides is 1. The first-order chi connectivity index (χ1) is 9.58. The number of aliphatic hydroxyl groups excluding tert-OH is 1. The summed E-state index contributed by atoms with van der Waals surface area (Å²) in [6.07, 6.45) is -1.18. The molecule has 3 rings (SSSR count). The molecule has 1 aromatic rings. The molecule has 6 nitrogen and oxygen atoms in total. The van der Waals surface area contributed by atoms with Crippen LogP contribution in [-0.2, 0) is 16.0 Å². The van der Waals surface area contributed by atoms with Crippen LogP contribution in [0.2, 0.25) is 0 Å². The van der Waals surface area contributed by atoms with Crippen molar-refractivity contribution in [2.45, 2.75) is 24.1 Å². The number of aliphatic imine (C=N–C) groups is 1. The number of benzene rings is 1. The Kier molecular flexibility index (Phi) is 3.23. The molecular formula is C13H12N2O4S. The van der Waals surface area contributed by atoms with Crippen LogP contribution in [0.15, 0.2) is 35.3 Å². The lowest BCUT2D eigenvalue weighted by Crippen LogP contribution is -2.66. The normalized spacial score (nSPS) is 25.8. The Hall–Kier alpha value is -1.86. The molecule has 0 aromatic heterocycles. The summed E-state index contributed by atoms with van der Waals surface area (Å²) in [7, 11) is 0. The van der Waals surface area contributed by atoms with Gasteiger partial charge in [0.05, 0.1) is 5.04 Å². The highest BCUT2D eigenvalue weighted by molar-refractivity contribution is 8.14. The zero-order chi connectivity index (χ0) is 14.3. The lowest BCUT2D eigenvalue weighted by molar-refractivity contribution is -0.176. The van der Waals surface area contributed by atoms with Crippen molar-refractivity contribution in [3.8, 4) is 0 Å². The number of carbonyl (C=O) groups excluding carboxylic acids is 1. The molecular weight excluding hydrogens is 280 g/mol. The summed E-state index contributed by atoms with van der Waals surface area (Å²) in [5, 5.41) is 18.6. The Balaban J connectivity index is 1.69. The van der Waals surface area contributed by atoms with Crippen LogP contribution in [0.1, 0.15) is 5.56 Å². The first kappa shape index (κ1) is 13.1. The predicted molar refractivity (Wildman–Crippen MR) is 73.2 cm³/mol. The van der Waals surface area contributed by atoms with Gasteiger partial charge in [-0.05, 0) is 5.56 Å². The summed E-state index contributed by atoms with van der Waals surface area (Å²) in [5.41, 5.74) is 1.08. The van der Waals surface area contributed by atoms with Crippen molar-refractivity contribution >= 4 is 28.7 Å². The van der Waals surface area contributed by atoms with Crippen molar-refractivity contribution in [3.63, 3.8) is 0 Å². The molecule has 0 aliphatic carbocycles. The molecule has 1 fully saturated rings. The molecule has 20 heavy (non-hydrogen) atoms. The summed E-state index contributed by atoms with van der Waals surface area (Å²) in [4.78, 5) is 27.8. The summed E-state index contributed by atoms with van der Waals surface area (Å²) in [5.74, 6) is -1.85. The van der Waals surface area contributed by atoms with Crippen LogP contribution in [0.5, 0.6) is 0 Å². The van der Waals surface area contributed by atoms with E-state index in [9.17, 15) is 14.7 Å². The maximum atomic E-state index is 11.8. The van der Waals surface area contributed by atoms with Crippen molar-refractivity contribution in [3.05, 3.63) is 35.9 Å². The fourth-order valence-corrected chi connectivity index (χ4v) is 3.61. The van der Waals surface area contributed by atoms with Crippen LogP contribution in [0, 0.1) is 0 Å². The van der Waals surface area contributed by atoms with Crippen molar-refractivity contribution in [2.75, 3.05) is 0 Å². The molecule has 2 N–H and O–H groups in total. The minimum atomic E-state index is -1.79. The Labute approximate surface area is 119 Å². The highest BCUT2D eigenvalue weighted by Crippen LogP contribution is 2.40. The largest absolute Gasteiger partial charge is 0.478 e. The number of β-lactam (4-membered cyclic amide) rings is 1. The van der Waals surface area contributed by atoms with Gasteiger partial charge in [0, 0.05) is 6.42 Å². The smallest absolute Gasteiger partial charge is 0.354 e. The van der Waals surface area contributed by atoms with E-state index in [4.69, 9.17) is 5.11 Å². The van der Waals surface area contributed by atoms with Crippen molar-refractivity contribution in [2.24, 2.45) is 4.99 Å². The number of carboxylic acids is 1. The number of carboxylic acid groups (broad SMARTS) is 1. The highest BCUT2D eigenvalue weighted by Gasteiger charge is 2.55. The van der Waals surface area contributed by atoms with Gasteiger partial charge in [-0.1, -0.05) is 42.1 Å². The zero-order valence-electron chi connectivity index (χ0n) is 10.3. The van der Waals surface area contributed by atoms with Crippen molar-refractivity contribution in [1.29, 1.82) is 0 Å². The summed E-state index contributed by atoms with van der Waals surface area (Å²) in [6.45, 7) is 0. The number of thioether (sulfide) groups is 1.